The molecule has 0 aromatic heterocycles. The van der Waals surface area contributed by atoms with Crippen molar-refractivity contribution in [3.63, 3.8) is 0 Å². The molecule has 1 saturated heterocycles. The summed E-state index contributed by atoms with van der Waals surface area (Å²) in [4.78, 5) is 19.0. The Hall–Kier alpha value is -2.09. The third-order valence-corrected chi connectivity index (χ3v) is 4.92. The second-order valence-electron chi connectivity index (χ2n) is 6.79. The largest absolute Gasteiger partial charge is 0.357 e. The first kappa shape index (κ1) is 22.2. The Morgan fingerprint density at radius 2 is 1.96 bits per heavy atom. The van der Waals surface area contributed by atoms with Crippen LogP contribution in [-0.4, -0.2) is 43.4 Å². The fourth-order valence-electron chi connectivity index (χ4n) is 3.50. The van der Waals surface area contributed by atoms with Gasteiger partial charge >= 0.3 is 0 Å². The van der Waals surface area contributed by atoms with E-state index in [0.29, 0.717) is 18.0 Å². The molecular formula is C22H29IN4O. The molecule has 5 nitrogen and oxygen atoms in total. The Balaban J connectivity index is 0.00000280. The van der Waals surface area contributed by atoms with Gasteiger partial charge in [0.1, 0.15) is 0 Å². The Labute approximate surface area is 184 Å². The average molecular weight is 492 g/mol. The van der Waals surface area contributed by atoms with Gasteiger partial charge in [-0.05, 0) is 36.6 Å². The van der Waals surface area contributed by atoms with E-state index in [1.54, 1.807) is 7.05 Å². The number of amides is 1. The first-order chi connectivity index (χ1) is 13.2. The molecule has 28 heavy (non-hydrogen) atoms. The first-order valence-corrected chi connectivity index (χ1v) is 9.60. The highest BCUT2D eigenvalue weighted by molar-refractivity contribution is 14.0. The van der Waals surface area contributed by atoms with Gasteiger partial charge in [-0.1, -0.05) is 42.5 Å². The van der Waals surface area contributed by atoms with Crippen LogP contribution in [0.25, 0.3) is 0 Å². The summed E-state index contributed by atoms with van der Waals surface area (Å²) in [5.74, 6) is 1.42. The van der Waals surface area contributed by atoms with E-state index in [0.717, 1.165) is 37.6 Å². The quantitative estimate of drug-likeness (QED) is 0.381. The lowest BCUT2D eigenvalue weighted by Gasteiger charge is -2.22. The zero-order chi connectivity index (χ0) is 19.1. The normalized spacial score (nSPS) is 16.4. The second kappa shape index (κ2) is 11.0. The van der Waals surface area contributed by atoms with Crippen LogP contribution in [0.15, 0.2) is 59.6 Å². The van der Waals surface area contributed by atoms with Crippen molar-refractivity contribution in [1.29, 1.82) is 0 Å². The summed E-state index contributed by atoms with van der Waals surface area (Å²) >= 11 is 0. The van der Waals surface area contributed by atoms with Crippen molar-refractivity contribution in [1.82, 2.24) is 15.5 Å². The van der Waals surface area contributed by atoms with E-state index in [1.165, 1.54) is 5.56 Å². The summed E-state index contributed by atoms with van der Waals surface area (Å²) in [7, 11) is 1.65. The number of hydrogen-bond donors (Lipinski definition) is 2. The van der Waals surface area contributed by atoms with Crippen molar-refractivity contribution >= 4 is 35.8 Å². The van der Waals surface area contributed by atoms with Crippen molar-refractivity contribution in [2.75, 3.05) is 26.7 Å². The third kappa shape index (κ3) is 5.70. The maximum absolute atomic E-state index is 11.8. The number of rotatable bonds is 5. The van der Waals surface area contributed by atoms with E-state index in [2.05, 4.69) is 52.8 Å². The van der Waals surface area contributed by atoms with Gasteiger partial charge in [-0.25, -0.2) is 4.99 Å². The molecular weight excluding hydrogens is 463 g/mol. The van der Waals surface area contributed by atoms with Crippen LogP contribution in [0.3, 0.4) is 0 Å². The highest BCUT2D eigenvalue weighted by atomic mass is 127. The minimum atomic E-state index is -0.0713. The van der Waals surface area contributed by atoms with Crippen LogP contribution < -0.4 is 10.6 Å². The highest BCUT2D eigenvalue weighted by Gasteiger charge is 2.25. The Kier molecular flexibility index (Phi) is 8.76. The Morgan fingerprint density at radius 3 is 2.68 bits per heavy atom. The molecule has 0 spiro atoms. The van der Waals surface area contributed by atoms with E-state index in [9.17, 15) is 4.79 Å². The number of carbonyl (C=O) groups excluding carboxylic acids is 1. The van der Waals surface area contributed by atoms with E-state index in [-0.39, 0.29) is 29.9 Å². The van der Waals surface area contributed by atoms with Crippen molar-refractivity contribution in [2.24, 2.45) is 4.99 Å². The van der Waals surface area contributed by atoms with E-state index >= 15 is 0 Å². The molecule has 6 heteroatoms. The number of likely N-dealkylation sites (tertiary alicyclic amines) is 1. The second-order valence-corrected chi connectivity index (χ2v) is 6.79. The fraction of sp³-hybridized carbons (Fsp3) is 0.364. The molecule has 1 fully saturated rings. The average Bonchev–Trinajstić information content (AvgIpc) is 3.21. The molecule has 0 bridgehead atoms. The fourth-order valence-corrected chi connectivity index (χ4v) is 3.50. The zero-order valence-electron chi connectivity index (χ0n) is 16.5. The van der Waals surface area contributed by atoms with E-state index in [1.807, 2.05) is 24.3 Å². The Bertz CT molecular complexity index is 794. The molecule has 0 saturated carbocycles. The smallest absolute Gasteiger partial charge is 0.251 e. The van der Waals surface area contributed by atoms with Crippen molar-refractivity contribution in [3.05, 3.63) is 71.3 Å². The summed E-state index contributed by atoms with van der Waals surface area (Å²) in [6.45, 7) is 5.47. The standard InChI is InChI=1S/C22H28N4O.HI/c1-3-24-22(25-15-17-8-7-11-19(14-17)21(27)23-2)26-13-12-20(16-26)18-9-5-4-6-10-18;/h4-11,14,20H,3,12-13,15-16H2,1-2H3,(H,23,27)(H,24,25);1H. The maximum atomic E-state index is 11.8. The number of nitrogens with zero attached hydrogens (tertiary/aromatic N) is 2. The summed E-state index contributed by atoms with van der Waals surface area (Å²) in [5, 5.41) is 6.08. The minimum absolute atomic E-state index is 0. The number of hydrogen-bond acceptors (Lipinski definition) is 2. The summed E-state index contributed by atoms with van der Waals surface area (Å²) in [5.41, 5.74) is 3.10. The molecule has 1 aliphatic rings. The molecule has 1 atom stereocenters. The molecule has 1 aliphatic heterocycles. The van der Waals surface area contributed by atoms with Crippen molar-refractivity contribution in [3.8, 4) is 0 Å². The molecule has 1 unspecified atom stereocenters. The number of guanidine groups is 1. The van der Waals surface area contributed by atoms with Crippen LogP contribution in [0, 0.1) is 0 Å². The SMILES string of the molecule is CCNC(=NCc1cccc(C(=O)NC)c1)N1CCC(c2ccccc2)C1.I. The first-order valence-electron chi connectivity index (χ1n) is 9.60. The number of benzene rings is 2. The topological polar surface area (TPSA) is 56.7 Å². The molecule has 150 valence electrons. The van der Waals surface area contributed by atoms with Gasteiger partial charge in [0, 0.05) is 38.2 Å². The predicted octanol–water partition coefficient (Wildman–Crippen LogP) is 3.62. The number of carbonyl (C=O) groups is 1. The Morgan fingerprint density at radius 1 is 1.18 bits per heavy atom. The molecule has 1 heterocycles. The molecule has 0 aliphatic carbocycles. The zero-order valence-corrected chi connectivity index (χ0v) is 18.9. The predicted molar refractivity (Wildman–Crippen MR) is 125 cm³/mol. The summed E-state index contributed by atoms with van der Waals surface area (Å²) in [6.07, 6.45) is 1.14. The van der Waals surface area contributed by atoms with Crippen molar-refractivity contribution < 1.29 is 4.79 Å². The van der Waals surface area contributed by atoms with Crippen LogP contribution in [0.1, 0.15) is 40.7 Å². The van der Waals surface area contributed by atoms with Crippen LogP contribution in [0.4, 0.5) is 0 Å². The summed E-state index contributed by atoms with van der Waals surface area (Å²) in [6, 6.07) is 18.3. The number of halogens is 1. The van der Waals surface area contributed by atoms with Crippen LogP contribution in [0.2, 0.25) is 0 Å². The highest BCUT2D eigenvalue weighted by Crippen LogP contribution is 2.27. The van der Waals surface area contributed by atoms with Gasteiger partial charge in [0.25, 0.3) is 5.91 Å². The van der Waals surface area contributed by atoms with Gasteiger partial charge in [-0.15, -0.1) is 24.0 Å². The lowest BCUT2D eigenvalue weighted by atomic mass is 9.99. The molecule has 2 aromatic rings. The molecule has 3 rings (SSSR count). The van der Waals surface area contributed by atoms with Gasteiger partial charge in [0.2, 0.25) is 0 Å². The maximum Gasteiger partial charge on any atom is 0.251 e. The van der Waals surface area contributed by atoms with Gasteiger partial charge in [0.15, 0.2) is 5.96 Å². The van der Waals surface area contributed by atoms with Crippen molar-refractivity contribution in [2.45, 2.75) is 25.8 Å². The number of nitrogens with one attached hydrogen (secondary N) is 2. The van der Waals surface area contributed by atoms with Gasteiger partial charge in [-0.2, -0.15) is 0 Å². The molecule has 1 amide bonds. The monoisotopic (exact) mass is 492 g/mol. The van der Waals surface area contributed by atoms with Gasteiger partial charge in [0.05, 0.1) is 6.54 Å². The van der Waals surface area contributed by atoms with Gasteiger partial charge < -0.3 is 15.5 Å². The minimum Gasteiger partial charge on any atom is -0.357 e. The lowest BCUT2D eigenvalue weighted by molar-refractivity contribution is 0.0963. The van der Waals surface area contributed by atoms with Crippen LogP contribution in [0.5, 0.6) is 0 Å². The summed E-state index contributed by atoms with van der Waals surface area (Å²) < 4.78 is 0. The molecule has 0 radical (unpaired) electrons. The van der Waals surface area contributed by atoms with Crippen LogP contribution >= 0.6 is 24.0 Å². The molecule has 2 N–H and O–H groups in total. The number of aliphatic imine (C=N–C) groups is 1. The molecule has 2 aromatic carbocycles. The van der Waals surface area contributed by atoms with Crippen LogP contribution in [-0.2, 0) is 6.54 Å². The van der Waals surface area contributed by atoms with E-state index in [4.69, 9.17) is 4.99 Å². The van der Waals surface area contributed by atoms with Gasteiger partial charge in [-0.3, -0.25) is 4.79 Å². The van der Waals surface area contributed by atoms with E-state index < -0.39 is 0 Å². The lowest BCUT2D eigenvalue weighted by Crippen LogP contribution is -2.40. The third-order valence-electron chi connectivity index (χ3n) is 4.92.